The number of benzene rings is 2. The third kappa shape index (κ3) is 5.45. The molecular weight excluding hydrogens is 376 g/mol. The van der Waals surface area contributed by atoms with Gasteiger partial charge in [-0.2, -0.15) is 0 Å². The van der Waals surface area contributed by atoms with Crippen molar-refractivity contribution in [1.29, 1.82) is 0 Å². The summed E-state index contributed by atoms with van der Waals surface area (Å²) in [6.45, 7) is 0.703. The third-order valence-corrected chi connectivity index (χ3v) is 3.72. The Hall–Kier alpha value is -2.21. The van der Waals surface area contributed by atoms with Crippen LogP contribution in [0, 0.1) is 0 Å². The molecule has 0 amide bonds. The third-order valence-electron chi connectivity index (χ3n) is 3.27. The molecular formula is C18H19BrO5. The summed E-state index contributed by atoms with van der Waals surface area (Å²) in [6, 6.07) is 13.1. The van der Waals surface area contributed by atoms with Gasteiger partial charge in [0.1, 0.15) is 19.0 Å². The Morgan fingerprint density at radius 3 is 2.50 bits per heavy atom. The minimum atomic E-state index is -0.854. The van der Waals surface area contributed by atoms with Crippen LogP contribution in [0.5, 0.6) is 17.2 Å². The predicted octanol–water partition coefficient (Wildman–Crippen LogP) is 3.93. The largest absolute Gasteiger partial charge is 0.493 e. The quantitative estimate of drug-likeness (QED) is 0.652. The number of rotatable bonds is 9. The molecule has 6 heteroatoms. The number of hydrogen-bond donors (Lipinski definition) is 1. The van der Waals surface area contributed by atoms with Gasteiger partial charge >= 0.3 is 5.97 Å². The number of carboxylic acids is 1. The van der Waals surface area contributed by atoms with Gasteiger partial charge in [0.15, 0.2) is 11.5 Å². The van der Waals surface area contributed by atoms with Crippen LogP contribution in [0.25, 0.3) is 0 Å². The maximum absolute atomic E-state index is 10.8. The molecule has 128 valence electrons. The summed E-state index contributed by atoms with van der Waals surface area (Å²) in [5.74, 6) is 1.03. The van der Waals surface area contributed by atoms with Crippen LogP contribution in [-0.2, 0) is 11.2 Å². The lowest BCUT2D eigenvalue weighted by molar-refractivity contribution is -0.136. The van der Waals surface area contributed by atoms with Gasteiger partial charge in [-0.15, -0.1) is 0 Å². The van der Waals surface area contributed by atoms with Gasteiger partial charge in [0, 0.05) is 10.9 Å². The first kappa shape index (κ1) is 18.1. The van der Waals surface area contributed by atoms with Gasteiger partial charge in [-0.05, 0) is 36.2 Å². The molecule has 2 rings (SSSR count). The summed E-state index contributed by atoms with van der Waals surface area (Å²) >= 11 is 3.40. The van der Waals surface area contributed by atoms with Crippen molar-refractivity contribution >= 4 is 21.9 Å². The SMILES string of the molecule is COc1cc(Br)cc(CCC(=O)O)c1OCCOc1ccccc1. The Labute approximate surface area is 149 Å². The van der Waals surface area contributed by atoms with E-state index < -0.39 is 5.97 Å². The smallest absolute Gasteiger partial charge is 0.303 e. The standard InChI is InChI=1S/C18H19BrO5/c1-22-16-12-14(19)11-13(7-8-17(20)21)18(16)24-10-9-23-15-5-3-2-4-6-15/h2-6,11-12H,7-10H2,1H3,(H,20,21). The number of methoxy groups -OCH3 is 1. The van der Waals surface area contributed by atoms with E-state index >= 15 is 0 Å². The summed E-state index contributed by atoms with van der Waals surface area (Å²) in [5, 5.41) is 8.90. The fraction of sp³-hybridized carbons (Fsp3) is 0.278. The minimum absolute atomic E-state index is 0.0243. The molecule has 0 aromatic heterocycles. The van der Waals surface area contributed by atoms with E-state index in [-0.39, 0.29) is 6.42 Å². The number of aliphatic carboxylic acids is 1. The molecule has 2 aromatic carbocycles. The van der Waals surface area contributed by atoms with E-state index in [2.05, 4.69) is 15.9 Å². The van der Waals surface area contributed by atoms with Crippen LogP contribution < -0.4 is 14.2 Å². The number of para-hydroxylation sites is 1. The Kier molecular flexibility index (Phi) is 6.93. The first-order valence-electron chi connectivity index (χ1n) is 7.49. The van der Waals surface area contributed by atoms with Crippen LogP contribution in [-0.4, -0.2) is 31.4 Å². The zero-order valence-corrected chi connectivity index (χ0v) is 14.9. The number of halogens is 1. The second kappa shape index (κ2) is 9.17. The van der Waals surface area contributed by atoms with Gasteiger partial charge in [-0.25, -0.2) is 0 Å². The highest BCUT2D eigenvalue weighted by Crippen LogP contribution is 2.35. The van der Waals surface area contributed by atoms with Crippen LogP contribution >= 0.6 is 15.9 Å². The van der Waals surface area contributed by atoms with Crippen molar-refractivity contribution in [2.24, 2.45) is 0 Å². The van der Waals surface area contributed by atoms with Crippen molar-refractivity contribution in [1.82, 2.24) is 0 Å². The van der Waals surface area contributed by atoms with Crippen LogP contribution in [0.1, 0.15) is 12.0 Å². The number of hydrogen-bond acceptors (Lipinski definition) is 4. The molecule has 1 N–H and O–H groups in total. The fourth-order valence-electron chi connectivity index (χ4n) is 2.19. The summed E-state index contributed by atoms with van der Waals surface area (Å²) in [7, 11) is 1.55. The molecule has 0 fully saturated rings. The number of carboxylic acid groups (broad SMARTS) is 1. The first-order chi connectivity index (χ1) is 11.6. The number of aryl methyl sites for hydroxylation is 1. The second-order valence-electron chi connectivity index (χ2n) is 5.00. The lowest BCUT2D eigenvalue weighted by Gasteiger charge is -2.16. The molecule has 5 nitrogen and oxygen atoms in total. The average Bonchev–Trinajstić information content (AvgIpc) is 2.58. The molecule has 0 unspecified atom stereocenters. The van der Waals surface area contributed by atoms with Crippen molar-refractivity contribution in [3.05, 3.63) is 52.5 Å². The van der Waals surface area contributed by atoms with E-state index in [9.17, 15) is 4.79 Å². The van der Waals surface area contributed by atoms with E-state index in [1.807, 2.05) is 36.4 Å². The minimum Gasteiger partial charge on any atom is -0.493 e. The van der Waals surface area contributed by atoms with Crippen LogP contribution in [0.3, 0.4) is 0 Å². The van der Waals surface area contributed by atoms with Crippen LogP contribution in [0.4, 0.5) is 0 Å². The Balaban J connectivity index is 2.02. The molecule has 0 atom stereocenters. The van der Waals surface area contributed by atoms with Gasteiger partial charge in [0.05, 0.1) is 7.11 Å². The molecule has 0 aliphatic heterocycles. The van der Waals surface area contributed by atoms with Crippen LogP contribution in [0.2, 0.25) is 0 Å². The van der Waals surface area contributed by atoms with E-state index in [1.54, 1.807) is 13.2 Å². The molecule has 0 bridgehead atoms. The summed E-state index contributed by atoms with van der Waals surface area (Å²) in [5.41, 5.74) is 0.781. The summed E-state index contributed by atoms with van der Waals surface area (Å²) in [6.07, 6.45) is 0.385. The normalized spacial score (nSPS) is 10.2. The Bertz CT molecular complexity index is 673. The number of ether oxygens (including phenoxy) is 3. The van der Waals surface area contributed by atoms with Crippen molar-refractivity contribution in [3.63, 3.8) is 0 Å². The molecule has 0 spiro atoms. The van der Waals surface area contributed by atoms with E-state index in [0.29, 0.717) is 31.1 Å². The molecule has 0 aliphatic carbocycles. The van der Waals surface area contributed by atoms with E-state index in [1.165, 1.54) is 0 Å². The zero-order valence-electron chi connectivity index (χ0n) is 13.3. The topological polar surface area (TPSA) is 65.0 Å². The maximum Gasteiger partial charge on any atom is 0.303 e. The van der Waals surface area contributed by atoms with Crippen molar-refractivity contribution < 1.29 is 24.1 Å². The molecule has 0 saturated heterocycles. The molecule has 0 heterocycles. The van der Waals surface area contributed by atoms with Gasteiger partial charge < -0.3 is 19.3 Å². The first-order valence-corrected chi connectivity index (χ1v) is 8.28. The molecule has 24 heavy (non-hydrogen) atoms. The fourth-order valence-corrected chi connectivity index (χ4v) is 2.67. The zero-order chi connectivity index (χ0) is 17.4. The highest BCUT2D eigenvalue weighted by Gasteiger charge is 2.14. The highest BCUT2D eigenvalue weighted by molar-refractivity contribution is 9.10. The monoisotopic (exact) mass is 394 g/mol. The lowest BCUT2D eigenvalue weighted by Crippen LogP contribution is -2.11. The van der Waals surface area contributed by atoms with Crippen molar-refractivity contribution in [2.75, 3.05) is 20.3 Å². The second-order valence-corrected chi connectivity index (χ2v) is 5.92. The predicted molar refractivity (Wildman–Crippen MR) is 94.1 cm³/mol. The van der Waals surface area contributed by atoms with E-state index in [0.717, 1.165) is 15.8 Å². The molecule has 0 aliphatic rings. The lowest BCUT2D eigenvalue weighted by atomic mass is 10.1. The number of carbonyl (C=O) groups is 1. The Morgan fingerprint density at radius 1 is 1.12 bits per heavy atom. The van der Waals surface area contributed by atoms with Crippen LogP contribution in [0.15, 0.2) is 46.9 Å². The highest BCUT2D eigenvalue weighted by atomic mass is 79.9. The maximum atomic E-state index is 10.8. The van der Waals surface area contributed by atoms with Gasteiger partial charge in [0.2, 0.25) is 0 Å². The van der Waals surface area contributed by atoms with Crippen molar-refractivity contribution in [3.8, 4) is 17.2 Å². The molecule has 2 aromatic rings. The van der Waals surface area contributed by atoms with Gasteiger partial charge in [-0.3, -0.25) is 4.79 Å². The van der Waals surface area contributed by atoms with Gasteiger partial charge in [-0.1, -0.05) is 34.1 Å². The van der Waals surface area contributed by atoms with E-state index in [4.69, 9.17) is 19.3 Å². The molecule has 0 saturated carbocycles. The summed E-state index contributed by atoms with van der Waals surface area (Å²) < 4.78 is 17.6. The van der Waals surface area contributed by atoms with Gasteiger partial charge in [0.25, 0.3) is 0 Å². The Morgan fingerprint density at radius 2 is 1.83 bits per heavy atom. The average molecular weight is 395 g/mol. The summed E-state index contributed by atoms with van der Waals surface area (Å²) in [4.78, 5) is 10.8. The van der Waals surface area contributed by atoms with Crippen molar-refractivity contribution in [2.45, 2.75) is 12.8 Å². The molecule has 0 radical (unpaired) electrons.